The second-order valence-electron chi connectivity index (χ2n) is 6.95. The van der Waals surface area contributed by atoms with Gasteiger partial charge in [0.15, 0.2) is 5.82 Å². The Balaban J connectivity index is 1.42. The van der Waals surface area contributed by atoms with E-state index in [9.17, 15) is 4.79 Å². The van der Waals surface area contributed by atoms with Gasteiger partial charge in [0.05, 0.1) is 12.7 Å². The van der Waals surface area contributed by atoms with Crippen molar-refractivity contribution in [3.8, 4) is 0 Å². The van der Waals surface area contributed by atoms with Gasteiger partial charge in [-0.05, 0) is 31.4 Å². The average molecular weight is 347 g/mol. The molecule has 0 bridgehead atoms. The summed E-state index contributed by atoms with van der Waals surface area (Å²) in [5, 5.41) is 8.05. The van der Waals surface area contributed by atoms with Gasteiger partial charge in [0.25, 0.3) is 0 Å². The molecule has 0 N–H and O–H groups in total. The van der Waals surface area contributed by atoms with Crippen molar-refractivity contribution in [3.63, 3.8) is 0 Å². The minimum atomic E-state index is 0.130. The van der Waals surface area contributed by atoms with Crippen molar-refractivity contribution in [3.05, 3.63) is 18.3 Å². The monoisotopic (exact) mass is 347 g/mol. The van der Waals surface area contributed by atoms with Crippen LogP contribution in [-0.2, 0) is 9.53 Å². The van der Waals surface area contributed by atoms with Gasteiger partial charge in [-0.25, -0.2) is 0 Å². The predicted octanol–water partition coefficient (Wildman–Crippen LogP) is 1.02. The Hall–Kier alpha value is -1.73. The van der Waals surface area contributed by atoms with Crippen molar-refractivity contribution < 1.29 is 9.53 Å². The number of ether oxygens (including phenoxy) is 1. The second kappa shape index (κ2) is 9.10. The Kier molecular flexibility index (Phi) is 6.58. The molecule has 0 saturated carbocycles. The number of carbonyl (C=O) groups excluding carboxylic acids is 1. The highest BCUT2D eigenvalue weighted by Gasteiger charge is 2.24. The van der Waals surface area contributed by atoms with Crippen LogP contribution in [-0.4, -0.2) is 84.9 Å². The number of rotatable bonds is 6. The third-order valence-corrected chi connectivity index (χ3v) is 5.00. The van der Waals surface area contributed by atoms with Gasteiger partial charge >= 0.3 is 0 Å². The minimum absolute atomic E-state index is 0.130. The number of nitrogens with zero attached hydrogens (tertiary/aromatic N) is 5. The van der Waals surface area contributed by atoms with Crippen LogP contribution in [0.15, 0.2) is 18.3 Å². The summed E-state index contributed by atoms with van der Waals surface area (Å²) in [6, 6.07) is 3.84. The summed E-state index contributed by atoms with van der Waals surface area (Å²) in [6.45, 7) is 5.95. The van der Waals surface area contributed by atoms with Crippen LogP contribution < -0.4 is 4.90 Å². The molecule has 25 heavy (non-hydrogen) atoms. The summed E-state index contributed by atoms with van der Waals surface area (Å²) in [4.78, 5) is 18.8. The first kappa shape index (κ1) is 18.1. The molecule has 0 aliphatic carbocycles. The van der Waals surface area contributed by atoms with Crippen LogP contribution >= 0.6 is 0 Å². The van der Waals surface area contributed by atoms with Crippen LogP contribution in [0.2, 0.25) is 0 Å². The van der Waals surface area contributed by atoms with Crippen molar-refractivity contribution >= 4 is 11.7 Å². The number of amides is 1. The molecule has 138 valence electrons. The fourth-order valence-electron chi connectivity index (χ4n) is 3.55. The second-order valence-corrected chi connectivity index (χ2v) is 6.95. The minimum Gasteiger partial charge on any atom is -0.374 e. The predicted molar refractivity (Wildman–Crippen MR) is 96.5 cm³/mol. The molecule has 1 unspecified atom stereocenters. The molecule has 1 aromatic rings. The summed E-state index contributed by atoms with van der Waals surface area (Å²) >= 11 is 0. The van der Waals surface area contributed by atoms with Gasteiger partial charge in [-0.2, -0.15) is 5.10 Å². The zero-order valence-corrected chi connectivity index (χ0v) is 15.1. The number of aromatic nitrogens is 2. The number of likely N-dealkylation sites (tertiary alicyclic amines) is 1. The lowest BCUT2D eigenvalue weighted by Crippen LogP contribution is -2.48. The van der Waals surface area contributed by atoms with E-state index in [1.807, 2.05) is 24.1 Å². The molecule has 3 heterocycles. The maximum absolute atomic E-state index is 12.3. The van der Waals surface area contributed by atoms with Crippen LogP contribution in [0.3, 0.4) is 0 Å². The molecule has 7 heteroatoms. The van der Waals surface area contributed by atoms with Crippen molar-refractivity contribution in [2.45, 2.75) is 31.8 Å². The van der Waals surface area contributed by atoms with E-state index in [2.05, 4.69) is 20.0 Å². The third kappa shape index (κ3) is 5.37. The number of morpholine rings is 1. The van der Waals surface area contributed by atoms with E-state index in [1.165, 1.54) is 6.42 Å². The van der Waals surface area contributed by atoms with Crippen LogP contribution in [0.5, 0.6) is 0 Å². The first-order valence-corrected chi connectivity index (χ1v) is 9.33. The number of carbonyl (C=O) groups is 1. The normalized spacial score (nSPS) is 22.0. The molecular weight excluding hydrogens is 318 g/mol. The molecule has 0 radical (unpaired) electrons. The zero-order chi connectivity index (χ0) is 17.5. The van der Waals surface area contributed by atoms with Crippen molar-refractivity contribution in [2.75, 3.05) is 57.8 Å². The maximum Gasteiger partial charge on any atom is 0.223 e. The van der Waals surface area contributed by atoms with Crippen molar-refractivity contribution in [1.29, 1.82) is 0 Å². The first-order valence-electron chi connectivity index (χ1n) is 9.33. The molecule has 2 fully saturated rings. The zero-order valence-electron chi connectivity index (χ0n) is 15.1. The van der Waals surface area contributed by atoms with Gasteiger partial charge in [0, 0.05) is 58.9 Å². The lowest BCUT2D eigenvalue weighted by atomic mass is 10.1. The Bertz CT molecular complexity index is 536. The summed E-state index contributed by atoms with van der Waals surface area (Å²) in [6.07, 6.45) is 5.99. The highest BCUT2D eigenvalue weighted by Crippen LogP contribution is 2.13. The van der Waals surface area contributed by atoms with Gasteiger partial charge in [0.1, 0.15) is 0 Å². The Morgan fingerprint density at radius 2 is 2.16 bits per heavy atom. The molecule has 3 rings (SSSR count). The molecule has 2 aliphatic heterocycles. The van der Waals surface area contributed by atoms with Gasteiger partial charge in [-0.1, -0.05) is 0 Å². The van der Waals surface area contributed by atoms with E-state index in [4.69, 9.17) is 4.74 Å². The van der Waals surface area contributed by atoms with E-state index < -0.39 is 0 Å². The molecule has 7 nitrogen and oxygen atoms in total. The van der Waals surface area contributed by atoms with E-state index in [0.29, 0.717) is 12.3 Å². The van der Waals surface area contributed by atoms with Crippen LogP contribution in [0.4, 0.5) is 5.82 Å². The fourth-order valence-corrected chi connectivity index (χ4v) is 3.55. The molecule has 1 atom stereocenters. The summed E-state index contributed by atoms with van der Waals surface area (Å²) in [7, 11) is 2.01. The molecule has 0 aromatic carbocycles. The quantitative estimate of drug-likeness (QED) is 0.766. The smallest absolute Gasteiger partial charge is 0.223 e. The van der Waals surface area contributed by atoms with Crippen LogP contribution in [0, 0.1) is 0 Å². The first-order chi connectivity index (χ1) is 12.2. The summed E-state index contributed by atoms with van der Waals surface area (Å²) in [5.41, 5.74) is 0. The largest absolute Gasteiger partial charge is 0.374 e. The van der Waals surface area contributed by atoms with Crippen molar-refractivity contribution in [1.82, 2.24) is 20.0 Å². The lowest BCUT2D eigenvalue weighted by Gasteiger charge is -2.35. The fraction of sp³-hybridized carbons (Fsp3) is 0.722. The summed E-state index contributed by atoms with van der Waals surface area (Å²) in [5.74, 6) is 1.16. The lowest BCUT2D eigenvalue weighted by molar-refractivity contribution is -0.132. The van der Waals surface area contributed by atoms with E-state index >= 15 is 0 Å². The van der Waals surface area contributed by atoms with Gasteiger partial charge in [-0.3, -0.25) is 9.69 Å². The maximum atomic E-state index is 12.3. The molecular formula is C18H29N5O2. The number of anilines is 1. The van der Waals surface area contributed by atoms with E-state index in [1.54, 1.807) is 6.20 Å². The molecule has 0 spiro atoms. The van der Waals surface area contributed by atoms with Crippen molar-refractivity contribution in [2.24, 2.45) is 0 Å². The Labute approximate surface area is 149 Å². The Morgan fingerprint density at radius 3 is 2.92 bits per heavy atom. The number of piperidine rings is 1. The summed E-state index contributed by atoms with van der Waals surface area (Å²) < 4.78 is 5.90. The van der Waals surface area contributed by atoms with E-state index in [-0.39, 0.29) is 6.10 Å². The number of hydrogen-bond acceptors (Lipinski definition) is 6. The SMILES string of the molecule is CN(CC1CN(CCC(=O)N2CCCCC2)CCO1)c1cccnn1. The molecule has 2 saturated heterocycles. The van der Waals surface area contributed by atoms with Gasteiger partial charge in [0.2, 0.25) is 5.91 Å². The third-order valence-electron chi connectivity index (χ3n) is 5.00. The Morgan fingerprint density at radius 1 is 1.32 bits per heavy atom. The van der Waals surface area contributed by atoms with Crippen LogP contribution in [0.1, 0.15) is 25.7 Å². The average Bonchev–Trinajstić information content (AvgIpc) is 2.68. The van der Waals surface area contributed by atoms with Gasteiger partial charge in [-0.15, -0.1) is 5.10 Å². The standard InChI is InChI=1S/C18H29N5O2/c1-21(17-6-5-8-19-20-17)14-16-15-22(12-13-25-16)11-7-18(24)23-9-3-2-4-10-23/h5-6,8,16H,2-4,7,9-15H2,1H3. The van der Waals surface area contributed by atoms with E-state index in [0.717, 1.165) is 64.5 Å². The molecule has 2 aliphatic rings. The van der Waals surface area contributed by atoms with Gasteiger partial charge < -0.3 is 14.5 Å². The topological polar surface area (TPSA) is 61.8 Å². The highest BCUT2D eigenvalue weighted by molar-refractivity contribution is 5.76. The highest BCUT2D eigenvalue weighted by atomic mass is 16.5. The van der Waals surface area contributed by atoms with Crippen LogP contribution in [0.25, 0.3) is 0 Å². The number of likely N-dealkylation sites (N-methyl/N-ethyl adjacent to an activating group) is 1. The molecule has 1 aromatic heterocycles. The molecule has 1 amide bonds. The number of hydrogen-bond donors (Lipinski definition) is 0.